The van der Waals surface area contributed by atoms with E-state index in [4.69, 9.17) is 21.1 Å². The number of hydrogen-bond acceptors (Lipinski definition) is 7. The fourth-order valence-corrected chi connectivity index (χ4v) is 4.30. The van der Waals surface area contributed by atoms with E-state index in [9.17, 15) is 23.1 Å². The fraction of sp³-hybridized carbons (Fsp3) is 0.321. The molecule has 0 bridgehead atoms. The van der Waals surface area contributed by atoms with Gasteiger partial charge in [0.15, 0.2) is 0 Å². The van der Waals surface area contributed by atoms with Crippen LogP contribution >= 0.6 is 11.6 Å². The second-order valence-electron chi connectivity index (χ2n) is 9.08. The van der Waals surface area contributed by atoms with Crippen LogP contribution in [0.3, 0.4) is 0 Å². The van der Waals surface area contributed by atoms with Gasteiger partial charge < -0.3 is 24.6 Å². The zero-order chi connectivity index (χ0) is 28.7. The van der Waals surface area contributed by atoms with Gasteiger partial charge in [-0.3, -0.25) is 4.98 Å². The third kappa shape index (κ3) is 7.93. The largest absolute Gasteiger partial charge is 0.573 e. The van der Waals surface area contributed by atoms with Crippen LogP contribution in [0.25, 0.3) is 21.7 Å². The molecule has 0 spiro atoms. The lowest BCUT2D eigenvalue weighted by Gasteiger charge is -2.17. The average Bonchev–Trinajstić information content (AvgIpc) is 2.90. The molecular formula is C28H27ClF3N3O5. The van der Waals surface area contributed by atoms with E-state index in [1.807, 2.05) is 6.92 Å². The molecule has 4 aromatic rings. The maximum Gasteiger partial charge on any atom is 0.573 e. The number of carboxylic acid groups (broad SMARTS) is 1. The van der Waals surface area contributed by atoms with E-state index in [1.54, 1.807) is 24.5 Å². The molecule has 2 N–H and O–H groups in total. The van der Waals surface area contributed by atoms with Gasteiger partial charge in [0.25, 0.3) is 0 Å². The van der Waals surface area contributed by atoms with E-state index in [-0.39, 0.29) is 16.7 Å². The van der Waals surface area contributed by atoms with Gasteiger partial charge in [0, 0.05) is 41.7 Å². The highest BCUT2D eigenvalue weighted by Crippen LogP contribution is 2.32. The Labute approximate surface area is 233 Å². The minimum atomic E-state index is -4.79. The number of fused-ring (bicyclic) bond motifs is 3. The van der Waals surface area contributed by atoms with Crippen molar-refractivity contribution in [2.45, 2.75) is 38.8 Å². The van der Waals surface area contributed by atoms with Crippen LogP contribution in [0.2, 0.25) is 5.02 Å². The molecule has 0 radical (unpaired) electrons. The van der Waals surface area contributed by atoms with Gasteiger partial charge in [0.05, 0.1) is 22.7 Å². The number of halogens is 4. The Kier molecular flexibility index (Phi) is 9.62. The van der Waals surface area contributed by atoms with E-state index in [0.29, 0.717) is 37.7 Å². The highest BCUT2D eigenvalue weighted by molar-refractivity contribution is 6.32. The van der Waals surface area contributed by atoms with Crippen molar-refractivity contribution in [1.82, 2.24) is 15.3 Å². The van der Waals surface area contributed by atoms with Gasteiger partial charge in [-0.1, -0.05) is 23.7 Å². The summed E-state index contributed by atoms with van der Waals surface area (Å²) in [5.74, 6) is -1.08. The third-order valence-corrected chi connectivity index (χ3v) is 6.21. The summed E-state index contributed by atoms with van der Waals surface area (Å²) in [6, 6.07) is 10.7. The molecule has 212 valence electrons. The quantitative estimate of drug-likeness (QED) is 0.139. The number of aromatic nitrogens is 2. The first-order valence-electron chi connectivity index (χ1n) is 12.5. The molecule has 0 saturated heterocycles. The van der Waals surface area contributed by atoms with E-state index in [0.717, 1.165) is 34.6 Å². The van der Waals surface area contributed by atoms with Crippen LogP contribution in [0, 0.1) is 0 Å². The summed E-state index contributed by atoms with van der Waals surface area (Å²) in [6.07, 6.45) is -0.129. The van der Waals surface area contributed by atoms with Gasteiger partial charge in [-0.2, -0.15) is 0 Å². The standard InChI is InChI=1S/C28H27ClF3N3O5/c1-17(16-38-11-3-2-9-33-14-18-4-7-25(23(29)12-18)40-28(30,31)32)39-26-21-8-10-34-15-22(21)20-6-5-19(27(36)37)13-24(20)35-26/h4-8,10,12-13,15,17,33H,2-3,9,11,14,16H2,1H3,(H,36,37)/t17-/m0/s1. The zero-order valence-corrected chi connectivity index (χ0v) is 22.3. The van der Waals surface area contributed by atoms with Crippen LogP contribution in [0.4, 0.5) is 13.2 Å². The van der Waals surface area contributed by atoms with Crippen molar-refractivity contribution in [3.63, 3.8) is 0 Å². The molecule has 2 heterocycles. The molecule has 0 fully saturated rings. The van der Waals surface area contributed by atoms with Gasteiger partial charge in [0.2, 0.25) is 5.88 Å². The van der Waals surface area contributed by atoms with Crippen molar-refractivity contribution in [1.29, 1.82) is 0 Å². The number of ether oxygens (including phenoxy) is 3. The third-order valence-electron chi connectivity index (χ3n) is 5.92. The molecule has 0 aliphatic carbocycles. The first-order chi connectivity index (χ1) is 19.1. The SMILES string of the molecule is C[C@@H](COCCCCNCc1ccc(OC(F)(F)F)c(Cl)c1)Oc1nc2cc(C(=O)O)ccc2c2cnccc12. The Morgan fingerprint density at radius 1 is 1.10 bits per heavy atom. The van der Waals surface area contributed by atoms with Crippen LogP contribution in [-0.4, -0.2) is 53.3 Å². The number of aromatic carboxylic acids is 1. The van der Waals surface area contributed by atoms with Gasteiger partial charge >= 0.3 is 12.3 Å². The number of benzene rings is 2. The van der Waals surface area contributed by atoms with Crippen molar-refractivity contribution in [3.8, 4) is 11.6 Å². The molecule has 0 unspecified atom stereocenters. The summed E-state index contributed by atoms with van der Waals surface area (Å²) in [7, 11) is 0. The smallest absolute Gasteiger partial charge is 0.478 e. The van der Waals surface area contributed by atoms with E-state index >= 15 is 0 Å². The number of unbranched alkanes of at least 4 members (excludes halogenated alkanes) is 1. The predicted octanol–water partition coefficient (Wildman–Crippen LogP) is 6.39. The maximum atomic E-state index is 12.4. The minimum Gasteiger partial charge on any atom is -0.478 e. The summed E-state index contributed by atoms with van der Waals surface area (Å²) in [5.41, 5.74) is 1.38. The van der Waals surface area contributed by atoms with Gasteiger partial charge in [0.1, 0.15) is 11.9 Å². The number of nitrogens with zero attached hydrogens (tertiary/aromatic N) is 2. The van der Waals surface area contributed by atoms with Crippen molar-refractivity contribution in [3.05, 3.63) is 71.0 Å². The highest BCUT2D eigenvalue weighted by atomic mass is 35.5. The lowest BCUT2D eigenvalue weighted by Crippen LogP contribution is -2.21. The van der Waals surface area contributed by atoms with Crippen LogP contribution in [-0.2, 0) is 11.3 Å². The maximum absolute atomic E-state index is 12.4. The number of pyridine rings is 2. The van der Waals surface area contributed by atoms with Crippen LogP contribution in [0.1, 0.15) is 35.7 Å². The second-order valence-corrected chi connectivity index (χ2v) is 9.48. The van der Waals surface area contributed by atoms with Crippen LogP contribution < -0.4 is 14.8 Å². The number of carbonyl (C=O) groups is 1. The van der Waals surface area contributed by atoms with Crippen molar-refractivity contribution < 1.29 is 37.3 Å². The summed E-state index contributed by atoms with van der Waals surface area (Å²) >= 11 is 5.87. The van der Waals surface area contributed by atoms with Crippen molar-refractivity contribution in [2.24, 2.45) is 0 Å². The van der Waals surface area contributed by atoms with E-state index in [1.165, 1.54) is 30.3 Å². The minimum absolute atomic E-state index is 0.102. The molecule has 0 saturated carbocycles. The Bertz CT molecular complexity index is 1490. The number of carboxylic acids is 1. The topological polar surface area (TPSA) is 103 Å². The zero-order valence-electron chi connectivity index (χ0n) is 21.5. The monoisotopic (exact) mass is 577 g/mol. The van der Waals surface area contributed by atoms with E-state index < -0.39 is 18.1 Å². The van der Waals surface area contributed by atoms with Crippen LogP contribution in [0.15, 0.2) is 54.9 Å². The molecular weight excluding hydrogens is 551 g/mol. The Morgan fingerprint density at radius 2 is 1.93 bits per heavy atom. The van der Waals surface area contributed by atoms with Crippen molar-refractivity contribution in [2.75, 3.05) is 19.8 Å². The number of nitrogens with one attached hydrogen (secondary N) is 1. The van der Waals surface area contributed by atoms with Gasteiger partial charge in [-0.05, 0) is 62.2 Å². The predicted molar refractivity (Wildman–Crippen MR) is 144 cm³/mol. The summed E-state index contributed by atoms with van der Waals surface area (Å²) in [6.45, 7) is 3.85. The lowest BCUT2D eigenvalue weighted by molar-refractivity contribution is -0.274. The Hall–Kier alpha value is -3.67. The molecule has 12 heteroatoms. The molecule has 0 aliphatic heterocycles. The molecule has 8 nitrogen and oxygen atoms in total. The summed E-state index contributed by atoms with van der Waals surface area (Å²) in [5, 5.41) is 14.8. The average molecular weight is 578 g/mol. The Morgan fingerprint density at radius 3 is 2.67 bits per heavy atom. The summed E-state index contributed by atoms with van der Waals surface area (Å²) in [4.78, 5) is 20.2. The molecule has 2 aromatic carbocycles. The van der Waals surface area contributed by atoms with Crippen molar-refractivity contribution >= 4 is 39.2 Å². The molecule has 0 amide bonds. The summed E-state index contributed by atoms with van der Waals surface area (Å²) < 4.78 is 52.7. The van der Waals surface area contributed by atoms with Crippen LogP contribution in [0.5, 0.6) is 11.6 Å². The highest BCUT2D eigenvalue weighted by Gasteiger charge is 2.32. The molecule has 1 atom stereocenters. The van der Waals surface area contributed by atoms with Gasteiger partial charge in [-0.15, -0.1) is 13.2 Å². The first-order valence-corrected chi connectivity index (χ1v) is 12.9. The van der Waals surface area contributed by atoms with Gasteiger partial charge in [-0.25, -0.2) is 9.78 Å². The molecule has 4 rings (SSSR count). The fourth-order valence-electron chi connectivity index (χ4n) is 4.06. The lowest BCUT2D eigenvalue weighted by atomic mass is 10.1. The first kappa shape index (κ1) is 29.3. The number of alkyl halides is 3. The molecule has 40 heavy (non-hydrogen) atoms. The normalized spacial score (nSPS) is 12.5. The molecule has 0 aliphatic rings. The Balaban J connectivity index is 1.20. The van der Waals surface area contributed by atoms with E-state index in [2.05, 4.69) is 20.0 Å². The second kappa shape index (κ2) is 13.1. The number of hydrogen-bond donors (Lipinski definition) is 2. The molecule has 2 aromatic heterocycles. The number of rotatable bonds is 13.